The lowest BCUT2D eigenvalue weighted by Gasteiger charge is -2.23. The molecular formula is C30H45NO4S2. The van der Waals surface area contributed by atoms with Gasteiger partial charge in [0.2, 0.25) is 0 Å². The number of rotatable bonds is 15. The van der Waals surface area contributed by atoms with Crippen molar-refractivity contribution in [2.75, 3.05) is 24.6 Å². The maximum atomic E-state index is 13.1. The van der Waals surface area contributed by atoms with Crippen LogP contribution in [0.4, 0.5) is 0 Å². The molecule has 0 amide bonds. The van der Waals surface area contributed by atoms with E-state index in [0.29, 0.717) is 34.5 Å². The Morgan fingerprint density at radius 1 is 0.757 bits per heavy atom. The van der Waals surface area contributed by atoms with Gasteiger partial charge < -0.3 is 5.32 Å². The van der Waals surface area contributed by atoms with Crippen molar-refractivity contribution in [3.05, 3.63) is 59.7 Å². The van der Waals surface area contributed by atoms with E-state index in [0.717, 1.165) is 62.7 Å². The van der Waals surface area contributed by atoms with Gasteiger partial charge in [-0.15, -0.1) is 0 Å². The average Bonchev–Trinajstić information content (AvgIpc) is 2.91. The van der Waals surface area contributed by atoms with Crippen LogP contribution in [0.1, 0.15) is 101 Å². The largest absolute Gasteiger partial charge is 0.317 e. The Kier molecular flexibility index (Phi) is 11.7. The topological polar surface area (TPSA) is 80.3 Å². The van der Waals surface area contributed by atoms with Crippen molar-refractivity contribution in [2.45, 2.75) is 99.7 Å². The second-order valence-electron chi connectivity index (χ2n) is 10.5. The minimum Gasteiger partial charge on any atom is -0.317 e. The van der Waals surface area contributed by atoms with Gasteiger partial charge in [-0.25, -0.2) is 16.8 Å². The fourth-order valence-electron chi connectivity index (χ4n) is 5.37. The molecule has 0 bridgehead atoms. The molecule has 2 aromatic rings. The minimum atomic E-state index is -3.46. The van der Waals surface area contributed by atoms with Crippen LogP contribution >= 0.6 is 0 Å². The van der Waals surface area contributed by atoms with Gasteiger partial charge >= 0.3 is 0 Å². The van der Waals surface area contributed by atoms with Gasteiger partial charge in [0.05, 0.1) is 21.3 Å². The Bertz CT molecular complexity index is 1190. The molecule has 206 valence electrons. The Morgan fingerprint density at radius 2 is 1.38 bits per heavy atom. The molecule has 0 spiro atoms. The number of unbranched alkanes of at least 4 members (excludes halogenated alkanes) is 3. The van der Waals surface area contributed by atoms with E-state index in [4.69, 9.17) is 0 Å². The number of benzene rings is 2. The van der Waals surface area contributed by atoms with Gasteiger partial charge in [0.15, 0.2) is 19.7 Å². The number of piperidine rings is 1. The highest BCUT2D eigenvalue weighted by molar-refractivity contribution is 7.91. The molecule has 0 aromatic heterocycles. The fraction of sp³-hybridized carbons (Fsp3) is 0.600. The standard InChI is InChI=1S/C30H45NO4S2/c1-3-5-6-12-25(11-4-2)27-13-9-15-29(23-27)36(32,33)21-7-8-22-37(34,35)30-16-10-14-28(24-30)26-17-19-31-20-18-26/h9-10,13-16,23-26,31H,3-8,11-12,17-22H2,1-2H3. The first-order valence-corrected chi connectivity index (χ1v) is 17.4. The summed E-state index contributed by atoms with van der Waals surface area (Å²) in [5.41, 5.74) is 2.19. The van der Waals surface area contributed by atoms with Crippen molar-refractivity contribution in [1.29, 1.82) is 0 Å². The van der Waals surface area contributed by atoms with Crippen LogP contribution in [-0.2, 0) is 19.7 Å². The number of nitrogens with one attached hydrogen (secondary N) is 1. The molecule has 1 unspecified atom stereocenters. The molecule has 5 nitrogen and oxygen atoms in total. The number of hydrogen-bond acceptors (Lipinski definition) is 5. The first kappa shape index (κ1) is 29.9. The predicted molar refractivity (Wildman–Crippen MR) is 153 cm³/mol. The molecule has 7 heteroatoms. The van der Waals surface area contributed by atoms with Crippen molar-refractivity contribution in [3.8, 4) is 0 Å². The summed E-state index contributed by atoms with van der Waals surface area (Å²) in [7, 11) is -6.91. The van der Waals surface area contributed by atoms with Crippen LogP contribution in [0, 0.1) is 0 Å². The van der Waals surface area contributed by atoms with Gasteiger partial charge in [-0.1, -0.05) is 63.8 Å². The van der Waals surface area contributed by atoms with E-state index in [1.165, 1.54) is 12.8 Å². The molecular weight excluding hydrogens is 502 g/mol. The molecule has 0 aliphatic carbocycles. The van der Waals surface area contributed by atoms with E-state index in [1.807, 2.05) is 30.3 Å². The summed E-state index contributed by atoms with van der Waals surface area (Å²) in [6.07, 6.45) is 9.43. The summed E-state index contributed by atoms with van der Waals surface area (Å²) in [5, 5.41) is 3.34. The Morgan fingerprint density at radius 3 is 2.00 bits per heavy atom. The van der Waals surface area contributed by atoms with E-state index in [9.17, 15) is 16.8 Å². The van der Waals surface area contributed by atoms with Crippen LogP contribution in [0.15, 0.2) is 58.3 Å². The van der Waals surface area contributed by atoms with E-state index in [1.54, 1.807) is 12.1 Å². The van der Waals surface area contributed by atoms with Crippen LogP contribution in [0.25, 0.3) is 0 Å². The van der Waals surface area contributed by atoms with E-state index < -0.39 is 19.7 Å². The average molecular weight is 548 g/mol. The van der Waals surface area contributed by atoms with Gasteiger partial charge in [0.1, 0.15) is 0 Å². The molecule has 1 fully saturated rings. The zero-order valence-corrected chi connectivity index (χ0v) is 24.3. The Balaban J connectivity index is 1.58. The highest BCUT2D eigenvalue weighted by atomic mass is 32.2. The summed E-state index contributed by atoms with van der Waals surface area (Å²) in [6, 6.07) is 14.8. The number of hydrogen-bond donors (Lipinski definition) is 1. The zero-order chi connectivity index (χ0) is 26.7. The van der Waals surface area contributed by atoms with E-state index in [-0.39, 0.29) is 11.5 Å². The molecule has 1 atom stereocenters. The maximum Gasteiger partial charge on any atom is 0.178 e. The molecule has 2 aromatic carbocycles. The third kappa shape index (κ3) is 8.93. The molecule has 1 aliphatic heterocycles. The summed E-state index contributed by atoms with van der Waals surface area (Å²) in [5.74, 6) is 0.710. The second kappa shape index (κ2) is 14.5. The molecule has 1 saturated heterocycles. The van der Waals surface area contributed by atoms with Crippen molar-refractivity contribution in [2.24, 2.45) is 0 Å². The first-order valence-electron chi connectivity index (χ1n) is 14.1. The molecule has 37 heavy (non-hydrogen) atoms. The lowest BCUT2D eigenvalue weighted by Crippen LogP contribution is -2.26. The third-order valence-corrected chi connectivity index (χ3v) is 11.2. The summed E-state index contributed by atoms with van der Waals surface area (Å²) >= 11 is 0. The van der Waals surface area contributed by atoms with Crippen LogP contribution in [-0.4, -0.2) is 41.4 Å². The van der Waals surface area contributed by atoms with Crippen molar-refractivity contribution >= 4 is 19.7 Å². The van der Waals surface area contributed by atoms with Crippen molar-refractivity contribution < 1.29 is 16.8 Å². The highest BCUT2D eigenvalue weighted by Crippen LogP contribution is 2.30. The second-order valence-corrected chi connectivity index (χ2v) is 14.7. The Hall–Kier alpha value is -1.70. The summed E-state index contributed by atoms with van der Waals surface area (Å²) in [6.45, 7) is 6.28. The summed E-state index contributed by atoms with van der Waals surface area (Å²) in [4.78, 5) is 0.711. The van der Waals surface area contributed by atoms with Crippen LogP contribution < -0.4 is 5.32 Å². The molecule has 1 heterocycles. The molecule has 3 rings (SSSR count). The fourth-order valence-corrected chi connectivity index (χ4v) is 8.21. The van der Waals surface area contributed by atoms with Crippen molar-refractivity contribution in [1.82, 2.24) is 5.32 Å². The maximum absolute atomic E-state index is 13.1. The van der Waals surface area contributed by atoms with Crippen LogP contribution in [0.2, 0.25) is 0 Å². The van der Waals surface area contributed by atoms with Crippen LogP contribution in [0.3, 0.4) is 0 Å². The van der Waals surface area contributed by atoms with Gasteiger partial charge in [-0.3, -0.25) is 0 Å². The molecule has 1 N–H and O–H groups in total. The lowest BCUT2D eigenvalue weighted by molar-refractivity contribution is 0.460. The van der Waals surface area contributed by atoms with Gasteiger partial charge in [0, 0.05) is 0 Å². The smallest absolute Gasteiger partial charge is 0.178 e. The molecule has 0 radical (unpaired) electrons. The lowest BCUT2D eigenvalue weighted by atomic mass is 9.89. The quantitative estimate of drug-likeness (QED) is 0.253. The monoisotopic (exact) mass is 547 g/mol. The van der Waals surface area contributed by atoms with E-state index in [2.05, 4.69) is 25.2 Å². The zero-order valence-electron chi connectivity index (χ0n) is 22.6. The molecule has 1 aliphatic rings. The highest BCUT2D eigenvalue weighted by Gasteiger charge is 2.21. The van der Waals surface area contributed by atoms with Crippen LogP contribution in [0.5, 0.6) is 0 Å². The van der Waals surface area contributed by atoms with Crippen molar-refractivity contribution in [3.63, 3.8) is 0 Å². The normalized spacial score (nSPS) is 16.1. The Labute approximate surface area is 225 Å². The third-order valence-electron chi connectivity index (χ3n) is 7.59. The molecule has 0 saturated carbocycles. The van der Waals surface area contributed by atoms with Gasteiger partial charge in [-0.05, 0) is 98.8 Å². The SMILES string of the molecule is CCCCCC(CCC)c1cccc(S(=O)(=O)CCCCS(=O)(=O)c2cccc(C3CCNCC3)c2)c1. The summed E-state index contributed by atoms with van der Waals surface area (Å²) < 4.78 is 52.1. The van der Waals surface area contributed by atoms with Gasteiger partial charge in [-0.2, -0.15) is 0 Å². The predicted octanol–water partition coefficient (Wildman–Crippen LogP) is 6.65. The number of sulfone groups is 2. The first-order chi connectivity index (χ1) is 17.8. The van der Waals surface area contributed by atoms with E-state index >= 15 is 0 Å². The minimum absolute atomic E-state index is 0.0324. The van der Waals surface area contributed by atoms with Gasteiger partial charge in [0.25, 0.3) is 0 Å².